The summed E-state index contributed by atoms with van der Waals surface area (Å²) in [6, 6.07) is 0. The number of hydrogen-bond acceptors (Lipinski definition) is 4. The van der Waals surface area contributed by atoms with E-state index in [-0.39, 0.29) is 0 Å². The first kappa shape index (κ1) is 12.9. The summed E-state index contributed by atoms with van der Waals surface area (Å²) >= 11 is 0. The molecule has 1 heterocycles. The Labute approximate surface area is 92.9 Å². The van der Waals surface area contributed by atoms with Gasteiger partial charge < -0.3 is 19.7 Å². The van der Waals surface area contributed by atoms with Crippen molar-refractivity contribution in [3.05, 3.63) is 0 Å². The van der Waals surface area contributed by atoms with Crippen molar-refractivity contribution in [2.45, 2.75) is 18.9 Å². The third-order valence-corrected chi connectivity index (χ3v) is 2.96. The molecule has 15 heavy (non-hydrogen) atoms. The van der Waals surface area contributed by atoms with Crippen LogP contribution in [-0.4, -0.2) is 64.6 Å². The van der Waals surface area contributed by atoms with Crippen LogP contribution in [0.25, 0.3) is 0 Å². The minimum Gasteiger partial charge on any atom is -0.383 e. The van der Waals surface area contributed by atoms with Crippen LogP contribution in [0.3, 0.4) is 0 Å². The lowest BCUT2D eigenvalue weighted by Gasteiger charge is -2.31. The maximum absolute atomic E-state index is 5.34. The van der Waals surface area contributed by atoms with Gasteiger partial charge in [0.1, 0.15) is 0 Å². The van der Waals surface area contributed by atoms with Crippen molar-refractivity contribution in [3.63, 3.8) is 0 Å². The smallest absolute Gasteiger partial charge is 0.0595 e. The zero-order valence-corrected chi connectivity index (χ0v) is 10.00. The molecule has 1 rings (SSSR count). The monoisotopic (exact) mass is 216 g/mol. The fraction of sp³-hybridized carbons (Fsp3) is 1.00. The van der Waals surface area contributed by atoms with E-state index in [1.54, 1.807) is 7.11 Å². The molecule has 4 nitrogen and oxygen atoms in total. The van der Waals surface area contributed by atoms with Crippen LogP contribution in [0, 0.1) is 0 Å². The molecule has 0 aromatic carbocycles. The van der Waals surface area contributed by atoms with Gasteiger partial charge in [0, 0.05) is 46.9 Å². The normalized spacial score (nSPS) is 19.6. The second-order valence-electron chi connectivity index (χ2n) is 4.02. The van der Waals surface area contributed by atoms with E-state index in [0.717, 1.165) is 26.2 Å². The summed E-state index contributed by atoms with van der Waals surface area (Å²) < 4.78 is 10.3. The predicted octanol–water partition coefficient (Wildman–Crippen LogP) is 0.333. The topological polar surface area (TPSA) is 33.7 Å². The number of nitrogens with one attached hydrogen (secondary N) is 1. The summed E-state index contributed by atoms with van der Waals surface area (Å²) in [5.74, 6) is 0. The van der Waals surface area contributed by atoms with Crippen LogP contribution < -0.4 is 5.32 Å². The maximum atomic E-state index is 5.34. The lowest BCUT2D eigenvalue weighted by Crippen LogP contribution is -2.40. The van der Waals surface area contributed by atoms with Crippen molar-refractivity contribution in [1.82, 2.24) is 10.2 Å². The Kier molecular flexibility index (Phi) is 6.92. The Morgan fingerprint density at radius 3 is 2.53 bits per heavy atom. The molecule has 0 spiro atoms. The van der Waals surface area contributed by atoms with Crippen LogP contribution >= 0.6 is 0 Å². The summed E-state index contributed by atoms with van der Waals surface area (Å²) in [6.45, 7) is 6.28. The van der Waals surface area contributed by atoms with E-state index in [2.05, 4.69) is 10.2 Å². The Balaban J connectivity index is 1.94. The molecule has 0 aromatic rings. The highest BCUT2D eigenvalue weighted by molar-refractivity contribution is 4.72. The molecule has 1 aliphatic rings. The number of likely N-dealkylation sites (tertiary alicyclic amines) is 1. The first-order chi connectivity index (χ1) is 7.36. The number of rotatable bonds is 7. The Hall–Kier alpha value is -0.160. The van der Waals surface area contributed by atoms with Gasteiger partial charge in [-0.05, 0) is 12.8 Å². The number of nitrogens with zero attached hydrogens (tertiary/aromatic N) is 1. The minimum atomic E-state index is 0.489. The summed E-state index contributed by atoms with van der Waals surface area (Å²) in [7, 11) is 3.55. The SMILES string of the molecule is COCCNCCN1CCC(OC)CC1. The zero-order chi connectivity index (χ0) is 10.9. The van der Waals surface area contributed by atoms with Crippen LogP contribution in [0.1, 0.15) is 12.8 Å². The highest BCUT2D eigenvalue weighted by Crippen LogP contribution is 2.11. The van der Waals surface area contributed by atoms with Gasteiger partial charge in [0.2, 0.25) is 0 Å². The van der Waals surface area contributed by atoms with E-state index in [0.29, 0.717) is 6.10 Å². The zero-order valence-electron chi connectivity index (χ0n) is 10.00. The Morgan fingerprint density at radius 2 is 1.93 bits per heavy atom. The van der Waals surface area contributed by atoms with Crippen LogP contribution in [0.2, 0.25) is 0 Å². The predicted molar refractivity (Wildman–Crippen MR) is 61.2 cm³/mol. The van der Waals surface area contributed by atoms with Gasteiger partial charge in [0.25, 0.3) is 0 Å². The number of ether oxygens (including phenoxy) is 2. The van der Waals surface area contributed by atoms with Gasteiger partial charge in [0.15, 0.2) is 0 Å². The summed E-state index contributed by atoms with van der Waals surface area (Å²) in [5, 5.41) is 3.36. The number of hydrogen-bond donors (Lipinski definition) is 1. The molecule has 0 saturated carbocycles. The van der Waals surface area contributed by atoms with Crippen LogP contribution in [0.4, 0.5) is 0 Å². The lowest BCUT2D eigenvalue weighted by molar-refractivity contribution is 0.0414. The maximum Gasteiger partial charge on any atom is 0.0595 e. The van der Waals surface area contributed by atoms with E-state index in [4.69, 9.17) is 9.47 Å². The van der Waals surface area contributed by atoms with Crippen molar-refractivity contribution in [1.29, 1.82) is 0 Å². The molecular formula is C11H24N2O2. The fourth-order valence-corrected chi connectivity index (χ4v) is 1.90. The molecule has 1 saturated heterocycles. The highest BCUT2D eigenvalue weighted by Gasteiger charge is 2.17. The van der Waals surface area contributed by atoms with Crippen molar-refractivity contribution >= 4 is 0 Å². The van der Waals surface area contributed by atoms with E-state index in [9.17, 15) is 0 Å². The summed E-state index contributed by atoms with van der Waals surface area (Å²) in [5.41, 5.74) is 0. The largest absolute Gasteiger partial charge is 0.383 e. The second-order valence-corrected chi connectivity index (χ2v) is 4.02. The first-order valence-electron chi connectivity index (χ1n) is 5.81. The van der Waals surface area contributed by atoms with Gasteiger partial charge in [-0.25, -0.2) is 0 Å². The van der Waals surface area contributed by atoms with Gasteiger partial charge in [-0.3, -0.25) is 0 Å². The van der Waals surface area contributed by atoms with E-state index >= 15 is 0 Å². The van der Waals surface area contributed by atoms with Gasteiger partial charge in [0.05, 0.1) is 12.7 Å². The molecule has 1 aliphatic heterocycles. The Morgan fingerprint density at radius 1 is 1.20 bits per heavy atom. The standard InChI is InChI=1S/C11H24N2O2/c1-14-10-6-12-5-9-13-7-3-11(15-2)4-8-13/h11-12H,3-10H2,1-2H3. The van der Waals surface area contributed by atoms with E-state index < -0.39 is 0 Å². The molecule has 0 aliphatic carbocycles. The third-order valence-electron chi connectivity index (χ3n) is 2.96. The molecular weight excluding hydrogens is 192 g/mol. The average Bonchev–Trinajstić information content (AvgIpc) is 2.30. The molecule has 0 atom stereocenters. The second kappa shape index (κ2) is 8.05. The molecule has 0 radical (unpaired) electrons. The quantitative estimate of drug-likeness (QED) is 0.622. The van der Waals surface area contributed by atoms with Crippen molar-refractivity contribution in [2.24, 2.45) is 0 Å². The Bertz CT molecular complexity index is 148. The van der Waals surface area contributed by atoms with Gasteiger partial charge in [-0.15, -0.1) is 0 Å². The number of methoxy groups -OCH3 is 2. The van der Waals surface area contributed by atoms with E-state index in [1.807, 2.05) is 7.11 Å². The van der Waals surface area contributed by atoms with Gasteiger partial charge >= 0.3 is 0 Å². The molecule has 1 fully saturated rings. The highest BCUT2D eigenvalue weighted by atomic mass is 16.5. The van der Waals surface area contributed by atoms with Crippen LogP contribution in [0.15, 0.2) is 0 Å². The summed E-state index contributed by atoms with van der Waals surface area (Å²) in [4.78, 5) is 2.50. The molecule has 0 bridgehead atoms. The number of piperidine rings is 1. The average molecular weight is 216 g/mol. The van der Waals surface area contributed by atoms with Crippen molar-refractivity contribution < 1.29 is 9.47 Å². The minimum absolute atomic E-state index is 0.489. The summed E-state index contributed by atoms with van der Waals surface area (Å²) in [6.07, 6.45) is 2.84. The van der Waals surface area contributed by atoms with Crippen molar-refractivity contribution in [2.75, 3.05) is 53.6 Å². The molecule has 0 aromatic heterocycles. The first-order valence-corrected chi connectivity index (χ1v) is 5.81. The van der Waals surface area contributed by atoms with Gasteiger partial charge in [-0.1, -0.05) is 0 Å². The van der Waals surface area contributed by atoms with Crippen LogP contribution in [-0.2, 0) is 9.47 Å². The third kappa shape index (κ3) is 5.47. The molecule has 0 unspecified atom stereocenters. The van der Waals surface area contributed by atoms with Crippen molar-refractivity contribution in [3.8, 4) is 0 Å². The van der Waals surface area contributed by atoms with E-state index in [1.165, 1.54) is 25.9 Å². The van der Waals surface area contributed by atoms with Crippen LogP contribution in [0.5, 0.6) is 0 Å². The molecule has 4 heteroatoms. The lowest BCUT2D eigenvalue weighted by atomic mass is 10.1. The molecule has 90 valence electrons. The fourth-order valence-electron chi connectivity index (χ4n) is 1.90. The molecule has 0 amide bonds. The van der Waals surface area contributed by atoms with Gasteiger partial charge in [-0.2, -0.15) is 0 Å². The molecule has 1 N–H and O–H groups in total.